The maximum atomic E-state index is 12.1. The van der Waals surface area contributed by atoms with Gasteiger partial charge in [0, 0.05) is 24.3 Å². The molecule has 0 heterocycles. The minimum absolute atomic E-state index is 0.101. The van der Waals surface area contributed by atoms with Gasteiger partial charge in [-0.1, -0.05) is 157 Å². The molecule has 0 fully saturated rings. The summed E-state index contributed by atoms with van der Waals surface area (Å²) < 4.78 is 10.6. The van der Waals surface area contributed by atoms with Crippen LogP contribution in [0.4, 0.5) is 0 Å². The van der Waals surface area contributed by atoms with Crippen LogP contribution in [0.1, 0.15) is 201 Å². The van der Waals surface area contributed by atoms with Gasteiger partial charge in [-0.2, -0.15) is 11.8 Å². The number of Topliss-reactive ketones (excluding diaryl/α,β-unsaturated/α-hetero) is 1. The van der Waals surface area contributed by atoms with Crippen LogP contribution in [0.2, 0.25) is 0 Å². The Morgan fingerprint density at radius 2 is 0.961 bits per heavy atom. The molecule has 51 heavy (non-hydrogen) atoms. The third kappa shape index (κ3) is 27.3. The van der Waals surface area contributed by atoms with Crippen LogP contribution in [0.15, 0.2) is 12.1 Å². The number of esters is 2. The van der Waals surface area contributed by atoms with E-state index >= 15 is 0 Å². The molecule has 0 aromatic heterocycles. The number of carbonyl (C=O) groups is 3. The summed E-state index contributed by atoms with van der Waals surface area (Å²) in [6, 6.07) is 4.09. The summed E-state index contributed by atoms with van der Waals surface area (Å²) >= 11 is 1.65. The summed E-state index contributed by atoms with van der Waals surface area (Å²) in [5.74, 6) is 1.92. The molecule has 0 spiro atoms. The molecule has 0 radical (unpaired) electrons. The van der Waals surface area contributed by atoms with Crippen LogP contribution in [-0.2, 0) is 41.1 Å². The lowest BCUT2D eigenvalue weighted by molar-refractivity contribution is -0.144. The van der Waals surface area contributed by atoms with Gasteiger partial charge in [0.1, 0.15) is 11.5 Å². The van der Waals surface area contributed by atoms with Gasteiger partial charge >= 0.3 is 11.9 Å². The third-order valence-electron chi connectivity index (χ3n) is 8.97. The van der Waals surface area contributed by atoms with E-state index < -0.39 is 0 Å². The van der Waals surface area contributed by atoms with Crippen molar-refractivity contribution < 1.29 is 29.0 Å². The number of phenolic OH excluding ortho intramolecular Hbond substituents is 1. The molecule has 0 amide bonds. The standard InChI is InChI=1S/C25H42O3.C19H36O3S/c1-8-9-10-11-12-13-16-28-22(26)15-14-19-17-20(24(2,3)4)23(27)21(18-19)25(5,6)7;1-3-4-5-6-7-8-9-10-11-12-15-22-19(21)14-17-23-16-13-18(2)20/h17-18,27H,8-16H2,1-7H3;3-17H2,1-2H3. The lowest BCUT2D eigenvalue weighted by Crippen LogP contribution is -2.18. The highest BCUT2D eigenvalue weighted by molar-refractivity contribution is 7.99. The van der Waals surface area contributed by atoms with Gasteiger partial charge < -0.3 is 14.6 Å². The Morgan fingerprint density at radius 1 is 0.588 bits per heavy atom. The number of thioether (sulfide) groups is 1. The number of hydrogen-bond donors (Lipinski definition) is 1. The average molecular weight is 735 g/mol. The second-order valence-corrected chi connectivity index (χ2v) is 17.5. The number of hydrogen-bond acceptors (Lipinski definition) is 7. The zero-order chi connectivity index (χ0) is 38.5. The molecule has 1 aromatic carbocycles. The van der Waals surface area contributed by atoms with Crippen molar-refractivity contribution in [2.75, 3.05) is 24.7 Å². The zero-order valence-electron chi connectivity index (χ0n) is 34.5. The van der Waals surface area contributed by atoms with Gasteiger partial charge in [-0.25, -0.2) is 0 Å². The highest BCUT2D eigenvalue weighted by atomic mass is 32.2. The molecule has 296 valence electrons. The first kappa shape index (κ1) is 49.0. The van der Waals surface area contributed by atoms with E-state index in [4.69, 9.17) is 9.47 Å². The fourth-order valence-corrected chi connectivity index (χ4v) is 6.64. The Balaban J connectivity index is 0.00000100. The summed E-state index contributed by atoms with van der Waals surface area (Å²) in [6.45, 7) is 19.8. The summed E-state index contributed by atoms with van der Waals surface area (Å²) in [5, 5.41) is 10.8. The van der Waals surface area contributed by atoms with Crippen molar-refractivity contribution in [2.24, 2.45) is 0 Å². The number of rotatable bonds is 27. The molecule has 0 unspecified atom stereocenters. The third-order valence-corrected chi connectivity index (χ3v) is 9.96. The van der Waals surface area contributed by atoms with Crippen molar-refractivity contribution >= 4 is 29.5 Å². The zero-order valence-corrected chi connectivity index (χ0v) is 35.3. The molecule has 1 N–H and O–H groups in total. The van der Waals surface area contributed by atoms with Crippen LogP contribution in [0, 0.1) is 0 Å². The SMILES string of the molecule is CCCCCCCCCCCCOC(=O)CCSCCC(C)=O.CCCCCCCCOC(=O)CCc1cc(C(C)(C)C)c(O)c(C(C)(C)C)c1. The van der Waals surface area contributed by atoms with E-state index in [1.54, 1.807) is 18.7 Å². The quantitative estimate of drug-likeness (QED) is 0.0711. The molecule has 7 heteroatoms. The first-order valence-electron chi connectivity index (χ1n) is 20.4. The first-order valence-corrected chi connectivity index (χ1v) is 21.5. The smallest absolute Gasteiger partial charge is 0.306 e. The van der Waals surface area contributed by atoms with E-state index in [1.165, 1.54) is 77.0 Å². The number of ether oxygens (including phenoxy) is 2. The van der Waals surface area contributed by atoms with E-state index in [2.05, 4.69) is 55.4 Å². The summed E-state index contributed by atoms with van der Waals surface area (Å²) in [4.78, 5) is 34.4. The van der Waals surface area contributed by atoms with Crippen molar-refractivity contribution in [3.63, 3.8) is 0 Å². The van der Waals surface area contributed by atoms with Crippen LogP contribution >= 0.6 is 11.8 Å². The predicted molar refractivity (Wildman–Crippen MR) is 218 cm³/mol. The van der Waals surface area contributed by atoms with Crippen molar-refractivity contribution in [1.29, 1.82) is 0 Å². The van der Waals surface area contributed by atoms with Crippen LogP contribution in [0.3, 0.4) is 0 Å². The fourth-order valence-electron chi connectivity index (χ4n) is 5.69. The molecule has 0 atom stereocenters. The fraction of sp³-hybridized carbons (Fsp3) is 0.795. The van der Waals surface area contributed by atoms with Crippen molar-refractivity contribution in [1.82, 2.24) is 0 Å². The lowest BCUT2D eigenvalue weighted by atomic mass is 9.78. The van der Waals surface area contributed by atoms with Gasteiger partial charge in [0.15, 0.2) is 0 Å². The van der Waals surface area contributed by atoms with Crippen LogP contribution in [0.25, 0.3) is 0 Å². The highest BCUT2D eigenvalue weighted by Gasteiger charge is 2.26. The minimum Gasteiger partial charge on any atom is -0.507 e. The Kier molecular flexibility index (Phi) is 28.3. The van der Waals surface area contributed by atoms with Crippen molar-refractivity contribution in [3.8, 4) is 5.75 Å². The predicted octanol–water partition coefficient (Wildman–Crippen LogP) is 12.4. The van der Waals surface area contributed by atoms with E-state index in [0.29, 0.717) is 44.6 Å². The number of carbonyl (C=O) groups excluding carboxylic acids is 3. The number of ketones is 1. The Labute approximate surface area is 318 Å². The van der Waals surface area contributed by atoms with E-state index in [9.17, 15) is 19.5 Å². The number of unbranched alkanes of at least 4 members (excludes halogenated alkanes) is 14. The average Bonchev–Trinajstić information content (AvgIpc) is 3.05. The molecule has 0 bridgehead atoms. The Bertz CT molecular complexity index is 1030. The number of benzene rings is 1. The lowest BCUT2D eigenvalue weighted by Gasteiger charge is -2.28. The maximum absolute atomic E-state index is 12.1. The molecule has 0 saturated heterocycles. The Hall–Kier alpha value is -2.02. The topological polar surface area (TPSA) is 89.9 Å². The Morgan fingerprint density at radius 3 is 1.35 bits per heavy atom. The summed E-state index contributed by atoms with van der Waals surface area (Å²) in [7, 11) is 0. The number of phenols is 1. The largest absolute Gasteiger partial charge is 0.507 e. The van der Waals surface area contributed by atoms with E-state index in [-0.39, 0.29) is 28.6 Å². The van der Waals surface area contributed by atoms with Crippen molar-refractivity contribution in [2.45, 2.75) is 202 Å². The van der Waals surface area contributed by atoms with Crippen molar-refractivity contribution in [3.05, 3.63) is 28.8 Å². The molecule has 6 nitrogen and oxygen atoms in total. The highest BCUT2D eigenvalue weighted by Crippen LogP contribution is 2.40. The maximum Gasteiger partial charge on any atom is 0.306 e. The van der Waals surface area contributed by atoms with Crippen LogP contribution in [-0.4, -0.2) is 47.5 Å². The van der Waals surface area contributed by atoms with Gasteiger partial charge in [-0.3, -0.25) is 14.4 Å². The molecular weight excluding hydrogens is 657 g/mol. The molecule has 0 aliphatic rings. The second kappa shape index (κ2) is 29.4. The van der Waals surface area contributed by atoms with Gasteiger partial charge in [0.05, 0.1) is 19.6 Å². The molecule has 0 aliphatic carbocycles. The molecule has 1 rings (SSSR count). The molecular formula is C44H78O6S. The van der Waals surface area contributed by atoms with Crippen LogP contribution < -0.4 is 0 Å². The molecule has 0 saturated carbocycles. The van der Waals surface area contributed by atoms with E-state index in [1.807, 2.05) is 12.1 Å². The normalized spacial score (nSPS) is 11.5. The van der Waals surface area contributed by atoms with Gasteiger partial charge in [0.2, 0.25) is 0 Å². The monoisotopic (exact) mass is 735 g/mol. The summed E-state index contributed by atoms with van der Waals surface area (Å²) in [5.41, 5.74) is 2.66. The number of aromatic hydroxyl groups is 1. The van der Waals surface area contributed by atoms with Gasteiger partial charge in [-0.15, -0.1) is 0 Å². The van der Waals surface area contributed by atoms with E-state index in [0.717, 1.165) is 53.9 Å². The first-order chi connectivity index (χ1) is 24.1. The summed E-state index contributed by atoms with van der Waals surface area (Å²) in [6.07, 6.45) is 22.1. The van der Waals surface area contributed by atoms with Gasteiger partial charge in [-0.05, 0) is 53.7 Å². The van der Waals surface area contributed by atoms with Crippen LogP contribution in [0.5, 0.6) is 5.75 Å². The molecule has 0 aliphatic heterocycles. The number of aryl methyl sites for hydroxylation is 1. The molecule has 1 aromatic rings. The minimum atomic E-state index is -0.154. The van der Waals surface area contributed by atoms with Gasteiger partial charge in [0.25, 0.3) is 0 Å². The second-order valence-electron chi connectivity index (χ2n) is 16.2.